The van der Waals surface area contributed by atoms with Crippen molar-refractivity contribution in [3.63, 3.8) is 0 Å². The Morgan fingerprint density at radius 1 is 1.04 bits per heavy atom. The normalized spacial score (nSPS) is 43.8. The largest absolute Gasteiger partial charge is 0.534 e. The molecular formula is C33H45F3O8S. The quantitative estimate of drug-likeness (QED) is 0.128. The summed E-state index contributed by atoms with van der Waals surface area (Å²) in [6, 6.07) is 0. The zero-order valence-electron chi connectivity index (χ0n) is 27.1. The van der Waals surface area contributed by atoms with Crippen molar-refractivity contribution in [3.05, 3.63) is 23.5 Å². The van der Waals surface area contributed by atoms with Gasteiger partial charge in [-0.2, -0.15) is 21.6 Å². The van der Waals surface area contributed by atoms with E-state index in [0.717, 1.165) is 12.0 Å². The summed E-state index contributed by atoms with van der Waals surface area (Å²) in [5.74, 6) is -2.26. The van der Waals surface area contributed by atoms with Crippen LogP contribution in [0.5, 0.6) is 0 Å². The predicted molar refractivity (Wildman–Crippen MR) is 157 cm³/mol. The van der Waals surface area contributed by atoms with E-state index in [1.54, 1.807) is 6.08 Å². The zero-order chi connectivity index (χ0) is 33.8. The van der Waals surface area contributed by atoms with Crippen LogP contribution in [0, 0.1) is 50.2 Å². The highest BCUT2D eigenvalue weighted by Gasteiger charge is 2.71. The van der Waals surface area contributed by atoms with E-state index in [9.17, 15) is 41.1 Å². The number of ether oxygens (including phenoxy) is 1. The number of aliphatic hydroxyl groups is 1. The molecule has 0 saturated heterocycles. The van der Waals surface area contributed by atoms with Gasteiger partial charge in [0.1, 0.15) is 6.26 Å². The number of carbonyl (C=O) groups excluding carboxylic acids is 3. The van der Waals surface area contributed by atoms with Crippen LogP contribution in [-0.4, -0.2) is 50.3 Å². The molecule has 12 heteroatoms. The number of fused-ring (bicyclic) bond motifs is 7. The number of methoxy groups -OCH3 is 1. The second kappa shape index (κ2) is 10.1. The fourth-order valence-electron chi connectivity index (χ4n) is 10.7. The summed E-state index contributed by atoms with van der Waals surface area (Å²) in [4.78, 5) is 41.6. The molecule has 4 saturated carbocycles. The molecule has 0 heterocycles. The van der Waals surface area contributed by atoms with Crippen LogP contribution < -0.4 is 0 Å². The lowest BCUT2D eigenvalue weighted by molar-refractivity contribution is -0.192. The van der Waals surface area contributed by atoms with Crippen LogP contribution in [0.25, 0.3) is 0 Å². The third-order valence-corrected chi connectivity index (χ3v) is 14.2. The van der Waals surface area contributed by atoms with Crippen LogP contribution in [0.4, 0.5) is 13.2 Å². The molecule has 0 bridgehead atoms. The molecule has 0 aromatic rings. The second-order valence-electron chi connectivity index (χ2n) is 16.0. The fourth-order valence-corrected chi connectivity index (χ4v) is 11.1. The van der Waals surface area contributed by atoms with Crippen molar-refractivity contribution in [3.8, 4) is 0 Å². The number of aliphatic hydroxyl groups excluding tert-OH is 1. The molecule has 0 aromatic heterocycles. The number of carbonyl (C=O) groups is 3. The third-order valence-electron chi connectivity index (χ3n) is 13.3. The zero-order valence-corrected chi connectivity index (χ0v) is 27.9. The fraction of sp³-hybridized carbons (Fsp3) is 0.788. The highest BCUT2D eigenvalue weighted by atomic mass is 32.2. The van der Waals surface area contributed by atoms with Gasteiger partial charge in [0.2, 0.25) is 0 Å². The number of hydrogen-bond acceptors (Lipinski definition) is 8. The molecule has 0 unspecified atom stereocenters. The Kier molecular flexibility index (Phi) is 7.69. The molecule has 5 aliphatic rings. The van der Waals surface area contributed by atoms with Gasteiger partial charge in [-0.1, -0.05) is 40.2 Å². The monoisotopic (exact) mass is 658 g/mol. The van der Waals surface area contributed by atoms with E-state index in [1.165, 1.54) is 14.0 Å². The first-order chi connectivity index (χ1) is 20.5. The van der Waals surface area contributed by atoms with Gasteiger partial charge in [-0.3, -0.25) is 14.4 Å². The van der Waals surface area contributed by atoms with Gasteiger partial charge >= 0.3 is 21.6 Å². The molecule has 5 aliphatic carbocycles. The molecule has 0 aromatic carbocycles. The Balaban J connectivity index is 1.65. The van der Waals surface area contributed by atoms with Crippen molar-refractivity contribution >= 4 is 27.7 Å². The molecule has 8 atom stereocenters. The van der Waals surface area contributed by atoms with E-state index in [-0.39, 0.29) is 35.1 Å². The molecule has 0 amide bonds. The number of rotatable bonds is 4. The van der Waals surface area contributed by atoms with Gasteiger partial charge in [0, 0.05) is 11.5 Å². The van der Waals surface area contributed by atoms with Crippen molar-refractivity contribution in [2.45, 2.75) is 98.4 Å². The number of ketones is 2. The maximum absolute atomic E-state index is 14.5. The smallest absolute Gasteiger partial charge is 0.469 e. The molecule has 1 N–H and O–H groups in total. The first-order valence-corrected chi connectivity index (χ1v) is 17.1. The molecule has 0 radical (unpaired) electrons. The summed E-state index contributed by atoms with van der Waals surface area (Å²) in [7, 11) is -4.63. The number of halogens is 3. The van der Waals surface area contributed by atoms with E-state index in [4.69, 9.17) is 4.74 Å². The second-order valence-corrected chi connectivity index (χ2v) is 17.6. The van der Waals surface area contributed by atoms with E-state index in [2.05, 4.69) is 31.9 Å². The Morgan fingerprint density at radius 3 is 2.24 bits per heavy atom. The minimum absolute atomic E-state index is 0.0849. The van der Waals surface area contributed by atoms with E-state index in [1.807, 2.05) is 6.92 Å². The summed E-state index contributed by atoms with van der Waals surface area (Å²) in [5, 5.41) is 10.6. The standard InChI is InChI=1S/C33H45F3O8S/c1-27(2)10-12-32(26(40)43-7)13-11-31(6)24(20(32)16-27)21(38)14-23-28(3)15-19(17-44-45(41,42)33(34,35)36)25(39)29(4,18-37)22(28)8-9-30(23,31)5/h14,17,20,22,24,37H,8-13,15-16,18H2,1-7H3/b19-17+/t20-,22+,24-,28-,29+,30+,31+,32-/m0/s1. The van der Waals surface area contributed by atoms with Crippen molar-refractivity contribution < 1.29 is 50.0 Å². The van der Waals surface area contributed by atoms with Gasteiger partial charge in [-0.25, -0.2) is 0 Å². The number of esters is 1. The summed E-state index contributed by atoms with van der Waals surface area (Å²) >= 11 is 0. The van der Waals surface area contributed by atoms with Crippen LogP contribution >= 0.6 is 0 Å². The van der Waals surface area contributed by atoms with Crippen molar-refractivity contribution in [1.29, 1.82) is 0 Å². The SMILES string of the molecule is COC(=O)[C@]12CCC(C)(C)C[C@H]1[C@H]1C(=O)C=C3[C@@]4(C)C/C(=C\OS(=O)(=O)C(F)(F)F)C(=O)[C@](C)(CO)[C@@H]4CC[C@@]3(C)[C@]1(C)CC2. The number of Topliss-reactive ketones (excluding diaryl/α,β-unsaturated/α-hetero) is 1. The maximum atomic E-state index is 14.5. The van der Waals surface area contributed by atoms with Crippen molar-refractivity contribution in [2.24, 2.45) is 50.2 Å². The summed E-state index contributed by atoms with van der Waals surface area (Å²) in [6.45, 7) is 11.3. The minimum atomic E-state index is -6.02. The van der Waals surface area contributed by atoms with E-state index < -0.39 is 66.9 Å². The van der Waals surface area contributed by atoms with Crippen LogP contribution in [-0.2, 0) is 33.4 Å². The lowest BCUT2D eigenvalue weighted by Gasteiger charge is -2.69. The molecule has 0 spiro atoms. The van der Waals surface area contributed by atoms with Crippen molar-refractivity contribution in [2.75, 3.05) is 13.7 Å². The molecule has 5 rings (SSSR count). The first-order valence-electron chi connectivity index (χ1n) is 15.7. The van der Waals surface area contributed by atoms with Crippen LogP contribution in [0.3, 0.4) is 0 Å². The van der Waals surface area contributed by atoms with E-state index >= 15 is 0 Å². The average Bonchev–Trinajstić information content (AvgIpc) is 2.94. The predicted octanol–water partition coefficient (Wildman–Crippen LogP) is 6.04. The Bertz CT molecular complexity index is 1500. The first kappa shape index (κ1) is 34.1. The van der Waals surface area contributed by atoms with Gasteiger partial charge in [0.25, 0.3) is 0 Å². The van der Waals surface area contributed by atoms with Crippen LogP contribution in [0.2, 0.25) is 0 Å². The summed E-state index contributed by atoms with van der Waals surface area (Å²) in [5.41, 5.74) is -9.69. The van der Waals surface area contributed by atoms with Gasteiger partial charge < -0.3 is 14.0 Å². The highest BCUT2D eigenvalue weighted by Crippen LogP contribution is 2.75. The van der Waals surface area contributed by atoms with Gasteiger partial charge in [-0.15, -0.1) is 0 Å². The molecular weight excluding hydrogens is 613 g/mol. The number of hydrogen-bond donors (Lipinski definition) is 1. The van der Waals surface area contributed by atoms with Crippen LogP contribution in [0.15, 0.2) is 23.5 Å². The molecule has 4 fully saturated rings. The lowest BCUT2D eigenvalue weighted by Crippen LogP contribution is -2.66. The summed E-state index contributed by atoms with van der Waals surface area (Å²) < 4.78 is 72.3. The van der Waals surface area contributed by atoms with Crippen molar-refractivity contribution in [1.82, 2.24) is 0 Å². The third kappa shape index (κ3) is 4.53. The minimum Gasteiger partial charge on any atom is -0.469 e. The number of allylic oxidation sites excluding steroid dienone is 3. The molecule has 0 aliphatic heterocycles. The Hall–Kier alpha value is -2.21. The molecule has 252 valence electrons. The molecule has 45 heavy (non-hydrogen) atoms. The van der Waals surface area contributed by atoms with Gasteiger partial charge in [0.15, 0.2) is 11.6 Å². The highest BCUT2D eigenvalue weighted by molar-refractivity contribution is 7.87. The van der Waals surface area contributed by atoms with Gasteiger partial charge in [0.05, 0.1) is 24.5 Å². The Labute approximate surface area is 263 Å². The number of alkyl halides is 3. The summed E-state index contributed by atoms with van der Waals surface area (Å²) in [6.07, 6.45) is 6.24. The lowest BCUT2D eigenvalue weighted by atomic mass is 9.33. The van der Waals surface area contributed by atoms with E-state index in [0.29, 0.717) is 44.8 Å². The van der Waals surface area contributed by atoms with Gasteiger partial charge in [-0.05, 0) is 97.9 Å². The Morgan fingerprint density at radius 2 is 1.67 bits per heavy atom. The maximum Gasteiger partial charge on any atom is 0.534 e. The van der Waals surface area contributed by atoms with Crippen LogP contribution in [0.1, 0.15) is 92.9 Å². The average molecular weight is 659 g/mol. The molecule has 8 nitrogen and oxygen atoms in total. The topological polar surface area (TPSA) is 124 Å².